The third-order valence-electron chi connectivity index (χ3n) is 5.22. The van der Waals surface area contributed by atoms with Crippen LogP contribution in [0.15, 0.2) is 36.4 Å². The van der Waals surface area contributed by atoms with E-state index in [2.05, 4.69) is 6.92 Å². The minimum Gasteiger partial charge on any atom is -0.417 e. The monoisotopic (exact) mass is 362 g/mol. The van der Waals surface area contributed by atoms with Crippen molar-refractivity contribution in [3.8, 4) is 5.75 Å². The van der Waals surface area contributed by atoms with Gasteiger partial charge < -0.3 is 4.74 Å². The number of para-hydroxylation sites is 1. The standard InChI is InChI=1S/C21H21F3O2/c1-2-13-6-8-14(9-7-13)15-10-11-16(19(24)12-15)21(25)26-20-17(22)4-3-5-18(20)23/h3-5,10-14H,2,6-9H2,1H3. The van der Waals surface area contributed by atoms with Gasteiger partial charge in [-0.2, -0.15) is 0 Å². The maximum Gasteiger partial charge on any atom is 0.346 e. The van der Waals surface area contributed by atoms with Crippen LogP contribution in [-0.4, -0.2) is 5.97 Å². The van der Waals surface area contributed by atoms with Crippen LogP contribution in [0.1, 0.15) is 60.9 Å². The quantitative estimate of drug-likeness (QED) is 0.492. The first-order chi connectivity index (χ1) is 12.5. The molecule has 26 heavy (non-hydrogen) atoms. The lowest BCUT2D eigenvalue weighted by atomic mass is 9.78. The molecule has 2 nitrogen and oxygen atoms in total. The number of ether oxygens (including phenoxy) is 1. The van der Waals surface area contributed by atoms with E-state index in [-0.39, 0.29) is 11.5 Å². The Morgan fingerprint density at radius 3 is 2.23 bits per heavy atom. The Hall–Kier alpha value is -2.30. The van der Waals surface area contributed by atoms with Crippen molar-refractivity contribution in [3.05, 3.63) is 65.0 Å². The Morgan fingerprint density at radius 2 is 1.65 bits per heavy atom. The lowest BCUT2D eigenvalue weighted by molar-refractivity contribution is 0.0715. The zero-order valence-corrected chi connectivity index (χ0v) is 14.6. The van der Waals surface area contributed by atoms with Gasteiger partial charge in [0.15, 0.2) is 11.6 Å². The van der Waals surface area contributed by atoms with Crippen LogP contribution in [0.5, 0.6) is 5.75 Å². The van der Waals surface area contributed by atoms with Gasteiger partial charge in [0.05, 0.1) is 5.56 Å². The molecule has 0 radical (unpaired) electrons. The highest BCUT2D eigenvalue weighted by Gasteiger charge is 2.24. The summed E-state index contributed by atoms with van der Waals surface area (Å²) < 4.78 is 46.3. The minimum absolute atomic E-state index is 0.279. The zero-order valence-electron chi connectivity index (χ0n) is 14.6. The van der Waals surface area contributed by atoms with Gasteiger partial charge in [0.25, 0.3) is 0 Å². The molecule has 0 bridgehead atoms. The molecule has 138 valence electrons. The molecule has 2 aromatic rings. The van der Waals surface area contributed by atoms with Crippen molar-refractivity contribution < 1.29 is 22.7 Å². The average Bonchev–Trinajstić information content (AvgIpc) is 2.64. The second kappa shape index (κ2) is 7.94. The molecule has 1 fully saturated rings. The van der Waals surface area contributed by atoms with Gasteiger partial charge in [0.1, 0.15) is 5.82 Å². The Morgan fingerprint density at radius 1 is 1.00 bits per heavy atom. The van der Waals surface area contributed by atoms with Crippen LogP contribution in [-0.2, 0) is 0 Å². The molecule has 5 heteroatoms. The van der Waals surface area contributed by atoms with Crippen LogP contribution < -0.4 is 4.74 Å². The summed E-state index contributed by atoms with van der Waals surface area (Å²) in [7, 11) is 0. The summed E-state index contributed by atoms with van der Waals surface area (Å²) in [5, 5.41) is 0. The number of hydrogen-bond donors (Lipinski definition) is 0. The van der Waals surface area contributed by atoms with E-state index < -0.39 is 29.2 Å². The van der Waals surface area contributed by atoms with Crippen LogP contribution in [0.4, 0.5) is 13.2 Å². The molecule has 0 atom stereocenters. The Labute approximate surface area is 151 Å². The lowest BCUT2D eigenvalue weighted by Crippen LogP contribution is -2.15. The van der Waals surface area contributed by atoms with Crippen molar-refractivity contribution in [2.75, 3.05) is 0 Å². The first-order valence-electron chi connectivity index (χ1n) is 8.95. The summed E-state index contributed by atoms with van der Waals surface area (Å²) in [4.78, 5) is 12.1. The van der Waals surface area contributed by atoms with Gasteiger partial charge >= 0.3 is 5.97 Å². The van der Waals surface area contributed by atoms with Crippen molar-refractivity contribution in [1.82, 2.24) is 0 Å². The van der Waals surface area contributed by atoms with Gasteiger partial charge in [-0.25, -0.2) is 18.0 Å². The molecule has 1 aliphatic carbocycles. The smallest absolute Gasteiger partial charge is 0.346 e. The van der Waals surface area contributed by atoms with Crippen LogP contribution in [0.2, 0.25) is 0 Å². The number of halogens is 3. The van der Waals surface area contributed by atoms with Gasteiger partial charge in [0.2, 0.25) is 5.75 Å². The van der Waals surface area contributed by atoms with Gasteiger partial charge in [-0.05, 0) is 67.3 Å². The summed E-state index contributed by atoms with van der Waals surface area (Å²) in [5.41, 5.74) is 0.518. The summed E-state index contributed by atoms with van der Waals surface area (Å²) in [5.74, 6) is -3.68. The minimum atomic E-state index is -1.12. The van der Waals surface area contributed by atoms with E-state index >= 15 is 0 Å². The molecule has 0 spiro atoms. The molecule has 0 unspecified atom stereocenters. The fourth-order valence-electron chi connectivity index (χ4n) is 3.58. The molecule has 0 heterocycles. The molecule has 1 saturated carbocycles. The van der Waals surface area contributed by atoms with Crippen LogP contribution in [0, 0.1) is 23.4 Å². The lowest BCUT2D eigenvalue weighted by Gasteiger charge is -2.28. The maximum atomic E-state index is 14.4. The molecule has 0 N–H and O–H groups in total. The number of carbonyl (C=O) groups is 1. The third-order valence-corrected chi connectivity index (χ3v) is 5.22. The molecule has 3 rings (SSSR count). The van der Waals surface area contributed by atoms with E-state index in [1.807, 2.05) is 0 Å². The summed E-state index contributed by atoms with van der Waals surface area (Å²) in [6.45, 7) is 2.18. The Kier molecular flexibility index (Phi) is 5.64. The number of carbonyl (C=O) groups excluding carboxylic acids is 1. The van der Waals surface area contributed by atoms with Crippen LogP contribution in [0.25, 0.3) is 0 Å². The van der Waals surface area contributed by atoms with Crippen LogP contribution in [0.3, 0.4) is 0 Å². The first kappa shape index (κ1) is 18.5. The second-order valence-corrected chi connectivity index (χ2v) is 6.81. The second-order valence-electron chi connectivity index (χ2n) is 6.81. The van der Waals surface area contributed by atoms with Crippen LogP contribution >= 0.6 is 0 Å². The van der Waals surface area contributed by atoms with Gasteiger partial charge in [-0.3, -0.25) is 0 Å². The number of hydrogen-bond acceptors (Lipinski definition) is 2. The average molecular weight is 362 g/mol. The van der Waals surface area contributed by atoms with Crippen molar-refractivity contribution in [2.24, 2.45) is 5.92 Å². The molecule has 1 aliphatic rings. The highest BCUT2D eigenvalue weighted by atomic mass is 19.1. The SMILES string of the molecule is CCC1CCC(c2ccc(C(=O)Oc3c(F)cccc3F)c(F)c2)CC1. The number of benzene rings is 2. The highest BCUT2D eigenvalue weighted by Crippen LogP contribution is 2.37. The molecular formula is C21H21F3O2. The predicted molar refractivity (Wildman–Crippen MR) is 92.7 cm³/mol. The van der Waals surface area contributed by atoms with Gasteiger partial charge in [-0.1, -0.05) is 25.5 Å². The van der Waals surface area contributed by atoms with E-state index in [9.17, 15) is 18.0 Å². The first-order valence-corrected chi connectivity index (χ1v) is 8.95. The number of esters is 1. The summed E-state index contributed by atoms with van der Waals surface area (Å²) in [6, 6.07) is 7.47. The highest BCUT2D eigenvalue weighted by molar-refractivity contribution is 5.91. The summed E-state index contributed by atoms with van der Waals surface area (Å²) >= 11 is 0. The van der Waals surface area contributed by atoms with E-state index in [1.54, 1.807) is 6.07 Å². The van der Waals surface area contributed by atoms with Gasteiger partial charge in [0, 0.05) is 0 Å². The molecule has 0 saturated heterocycles. The normalized spacial score (nSPS) is 20.0. The van der Waals surface area contributed by atoms with Crippen molar-refractivity contribution in [2.45, 2.75) is 44.9 Å². The molecule has 0 aromatic heterocycles. The number of rotatable bonds is 4. The summed E-state index contributed by atoms with van der Waals surface area (Å²) in [6.07, 6.45) is 5.42. The molecule has 0 aliphatic heterocycles. The van der Waals surface area contributed by atoms with E-state index in [1.165, 1.54) is 18.6 Å². The van der Waals surface area contributed by atoms with E-state index in [4.69, 9.17) is 4.74 Å². The van der Waals surface area contributed by atoms with E-state index in [0.717, 1.165) is 55.4 Å². The Bertz CT molecular complexity index is 776. The third kappa shape index (κ3) is 3.92. The van der Waals surface area contributed by atoms with E-state index in [0.29, 0.717) is 0 Å². The van der Waals surface area contributed by atoms with Gasteiger partial charge in [-0.15, -0.1) is 0 Å². The molecule has 0 amide bonds. The fraction of sp³-hybridized carbons (Fsp3) is 0.381. The fourth-order valence-corrected chi connectivity index (χ4v) is 3.58. The zero-order chi connectivity index (χ0) is 18.7. The maximum absolute atomic E-state index is 14.4. The van der Waals surface area contributed by atoms with Crippen molar-refractivity contribution >= 4 is 5.97 Å². The molecule has 2 aromatic carbocycles. The van der Waals surface area contributed by atoms with Crippen molar-refractivity contribution in [3.63, 3.8) is 0 Å². The van der Waals surface area contributed by atoms with Crippen molar-refractivity contribution in [1.29, 1.82) is 0 Å². The Balaban J connectivity index is 1.74. The molecular weight excluding hydrogens is 341 g/mol. The topological polar surface area (TPSA) is 26.3 Å². The predicted octanol–water partition coefficient (Wildman–Crippen LogP) is 6.01. The largest absolute Gasteiger partial charge is 0.417 e.